The fourth-order valence-electron chi connectivity index (χ4n) is 4.38. The van der Waals surface area contributed by atoms with Gasteiger partial charge in [-0.1, -0.05) is 37.1 Å². The highest BCUT2D eigenvalue weighted by molar-refractivity contribution is 8.00. The lowest BCUT2D eigenvalue weighted by Crippen LogP contribution is -2.36. The van der Waals surface area contributed by atoms with Crippen molar-refractivity contribution in [1.29, 1.82) is 0 Å². The molecule has 1 amide bonds. The maximum absolute atomic E-state index is 12.8. The van der Waals surface area contributed by atoms with Crippen LogP contribution in [0.3, 0.4) is 0 Å². The van der Waals surface area contributed by atoms with Crippen LogP contribution in [0.15, 0.2) is 42.1 Å². The van der Waals surface area contributed by atoms with E-state index < -0.39 is 0 Å². The number of allylic oxidation sites excluding steroid dienone is 1. The molecule has 8 heteroatoms. The van der Waals surface area contributed by atoms with Crippen LogP contribution in [-0.4, -0.2) is 52.2 Å². The van der Waals surface area contributed by atoms with E-state index in [-0.39, 0.29) is 11.2 Å². The lowest BCUT2D eigenvalue weighted by molar-refractivity contribution is -0.115. The van der Waals surface area contributed by atoms with Crippen molar-refractivity contribution in [2.75, 3.05) is 36.5 Å². The first-order chi connectivity index (χ1) is 15.7. The number of aromatic nitrogens is 3. The zero-order valence-electron chi connectivity index (χ0n) is 18.8. The van der Waals surface area contributed by atoms with E-state index in [9.17, 15) is 4.79 Å². The van der Waals surface area contributed by atoms with Gasteiger partial charge in [-0.2, -0.15) is 0 Å². The summed E-state index contributed by atoms with van der Waals surface area (Å²) in [7, 11) is 0. The molecule has 32 heavy (non-hydrogen) atoms. The van der Waals surface area contributed by atoms with Gasteiger partial charge in [0.25, 0.3) is 0 Å². The van der Waals surface area contributed by atoms with Crippen LogP contribution in [0.2, 0.25) is 0 Å². The Labute approximate surface area is 194 Å². The van der Waals surface area contributed by atoms with Crippen molar-refractivity contribution < 1.29 is 9.53 Å². The number of ether oxygens (including phenoxy) is 1. The van der Waals surface area contributed by atoms with Crippen LogP contribution in [0.5, 0.6) is 0 Å². The predicted molar refractivity (Wildman–Crippen MR) is 129 cm³/mol. The summed E-state index contributed by atoms with van der Waals surface area (Å²) in [5, 5.41) is 12.5. The van der Waals surface area contributed by atoms with Gasteiger partial charge in [-0.05, 0) is 44.0 Å². The lowest BCUT2D eigenvalue weighted by Gasteiger charge is -2.28. The van der Waals surface area contributed by atoms with Gasteiger partial charge in [0.2, 0.25) is 5.91 Å². The van der Waals surface area contributed by atoms with Crippen molar-refractivity contribution in [2.24, 2.45) is 0 Å². The monoisotopic (exact) mass is 455 g/mol. The molecular formula is C24H33N5O2S. The van der Waals surface area contributed by atoms with Crippen molar-refractivity contribution in [1.82, 2.24) is 14.8 Å². The van der Waals surface area contributed by atoms with Crippen molar-refractivity contribution in [3.8, 4) is 0 Å². The fourth-order valence-corrected chi connectivity index (χ4v) is 5.25. The molecule has 2 heterocycles. The van der Waals surface area contributed by atoms with Crippen LogP contribution >= 0.6 is 11.8 Å². The summed E-state index contributed by atoms with van der Waals surface area (Å²) >= 11 is 1.46. The smallest absolute Gasteiger partial charge is 0.237 e. The SMILES string of the molecule is C=CCn1c(SC(C)C(=O)Nc2ccc(N3CCOCC3)cc2)nnc1C1CCCCC1. The highest BCUT2D eigenvalue weighted by Gasteiger charge is 2.25. The minimum absolute atomic E-state index is 0.0403. The number of carbonyl (C=O) groups is 1. The molecule has 1 aliphatic carbocycles. The van der Waals surface area contributed by atoms with Crippen molar-refractivity contribution in [3.05, 3.63) is 42.7 Å². The van der Waals surface area contributed by atoms with Gasteiger partial charge < -0.3 is 19.5 Å². The van der Waals surface area contributed by atoms with E-state index in [0.717, 1.165) is 61.5 Å². The van der Waals surface area contributed by atoms with Crippen LogP contribution in [-0.2, 0) is 16.1 Å². The second kappa shape index (κ2) is 11.0. The highest BCUT2D eigenvalue weighted by atomic mass is 32.2. The van der Waals surface area contributed by atoms with Crippen molar-refractivity contribution >= 4 is 29.0 Å². The molecule has 2 aliphatic rings. The van der Waals surface area contributed by atoms with Gasteiger partial charge in [0.1, 0.15) is 5.82 Å². The Kier molecular flexibility index (Phi) is 7.86. The Hall–Kier alpha value is -2.32. The summed E-state index contributed by atoms with van der Waals surface area (Å²) in [5.74, 6) is 1.46. The third-order valence-corrected chi connectivity index (χ3v) is 7.27. The minimum Gasteiger partial charge on any atom is -0.378 e. The maximum Gasteiger partial charge on any atom is 0.237 e. The molecule has 1 saturated carbocycles. The van der Waals surface area contributed by atoms with Crippen LogP contribution in [0.4, 0.5) is 11.4 Å². The Morgan fingerprint density at radius 3 is 2.62 bits per heavy atom. The number of thioether (sulfide) groups is 1. The van der Waals surface area contributed by atoms with Crippen molar-refractivity contribution in [3.63, 3.8) is 0 Å². The summed E-state index contributed by atoms with van der Waals surface area (Å²) in [4.78, 5) is 15.1. The van der Waals surface area contributed by atoms with Gasteiger partial charge in [-0.25, -0.2) is 0 Å². The Morgan fingerprint density at radius 1 is 1.22 bits per heavy atom. The number of carbonyl (C=O) groups excluding carboxylic acids is 1. The zero-order valence-corrected chi connectivity index (χ0v) is 19.6. The molecule has 2 fully saturated rings. The predicted octanol–water partition coefficient (Wildman–Crippen LogP) is 4.47. The average Bonchev–Trinajstić information content (AvgIpc) is 3.23. The van der Waals surface area contributed by atoms with Crippen LogP contribution < -0.4 is 10.2 Å². The first-order valence-electron chi connectivity index (χ1n) is 11.6. The molecule has 1 aromatic carbocycles. The number of amides is 1. The van der Waals surface area contributed by atoms with Gasteiger partial charge in [0, 0.05) is 36.9 Å². The molecule has 7 nitrogen and oxygen atoms in total. The third-order valence-electron chi connectivity index (χ3n) is 6.19. The molecular weight excluding hydrogens is 422 g/mol. The van der Waals surface area contributed by atoms with E-state index in [1.807, 2.05) is 25.1 Å². The van der Waals surface area contributed by atoms with E-state index in [0.29, 0.717) is 12.5 Å². The number of nitrogens with one attached hydrogen (secondary N) is 1. The number of rotatable bonds is 8. The number of anilines is 2. The minimum atomic E-state index is -0.291. The zero-order chi connectivity index (χ0) is 22.3. The summed E-state index contributed by atoms with van der Waals surface area (Å²) in [5.41, 5.74) is 1.96. The number of benzene rings is 1. The molecule has 0 radical (unpaired) electrons. The Balaban J connectivity index is 1.38. The maximum atomic E-state index is 12.8. The van der Waals surface area contributed by atoms with Gasteiger partial charge in [-0.15, -0.1) is 16.8 Å². The number of hydrogen-bond acceptors (Lipinski definition) is 6. The number of hydrogen-bond donors (Lipinski definition) is 1. The van der Waals surface area contributed by atoms with E-state index >= 15 is 0 Å². The van der Waals surface area contributed by atoms with Crippen LogP contribution in [0.25, 0.3) is 0 Å². The molecule has 0 spiro atoms. The normalized spacial score (nSPS) is 18.3. The second-order valence-electron chi connectivity index (χ2n) is 8.47. The lowest BCUT2D eigenvalue weighted by atomic mass is 9.89. The first-order valence-corrected chi connectivity index (χ1v) is 12.5. The standard InChI is InChI=1S/C24H33N5O2S/c1-3-13-29-22(19-7-5-4-6-8-19)26-27-24(29)32-18(2)23(30)25-20-9-11-21(12-10-20)28-14-16-31-17-15-28/h3,9-12,18-19H,1,4-8,13-17H2,2H3,(H,25,30). The van der Waals surface area contributed by atoms with Gasteiger partial charge in [0.15, 0.2) is 5.16 Å². The number of nitrogens with zero attached hydrogens (tertiary/aromatic N) is 4. The summed E-state index contributed by atoms with van der Waals surface area (Å²) in [6, 6.07) is 8.02. The van der Waals surface area contributed by atoms with Crippen molar-refractivity contribution in [2.45, 2.75) is 61.9 Å². The first kappa shape index (κ1) is 22.9. The molecule has 1 unspecified atom stereocenters. The summed E-state index contributed by atoms with van der Waals surface area (Å²) in [6.45, 7) is 9.78. The Bertz CT molecular complexity index is 902. The third kappa shape index (κ3) is 5.53. The summed E-state index contributed by atoms with van der Waals surface area (Å²) < 4.78 is 7.55. The quantitative estimate of drug-likeness (QED) is 0.468. The Morgan fingerprint density at radius 2 is 1.94 bits per heavy atom. The summed E-state index contributed by atoms with van der Waals surface area (Å²) in [6.07, 6.45) is 8.00. The van der Waals surface area contributed by atoms with E-state index in [4.69, 9.17) is 4.74 Å². The van der Waals surface area contributed by atoms with E-state index in [1.54, 1.807) is 0 Å². The topological polar surface area (TPSA) is 72.3 Å². The second-order valence-corrected chi connectivity index (χ2v) is 9.78. The molecule has 0 bridgehead atoms. The molecule has 1 aromatic heterocycles. The largest absolute Gasteiger partial charge is 0.378 e. The van der Waals surface area contributed by atoms with Crippen LogP contribution in [0.1, 0.15) is 50.8 Å². The molecule has 2 aromatic rings. The molecule has 1 aliphatic heterocycles. The molecule has 4 rings (SSSR count). The molecule has 1 saturated heterocycles. The molecule has 172 valence electrons. The van der Waals surface area contributed by atoms with Gasteiger partial charge >= 0.3 is 0 Å². The van der Waals surface area contributed by atoms with E-state index in [2.05, 4.69) is 43.7 Å². The van der Waals surface area contributed by atoms with Gasteiger partial charge in [0.05, 0.1) is 18.5 Å². The molecule has 1 N–H and O–H groups in total. The van der Waals surface area contributed by atoms with Gasteiger partial charge in [-0.3, -0.25) is 4.79 Å². The average molecular weight is 456 g/mol. The fraction of sp³-hybridized carbons (Fsp3) is 0.542. The van der Waals surface area contributed by atoms with E-state index in [1.165, 1.54) is 31.0 Å². The molecule has 1 atom stereocenters. The number of morpholine rings is 1. The van der Waals surface area contributed by atoms with Crippen LogP contribution in [0, 0.1) is 0 Å². The highest BCUT2D eigenvalue weighted by Crippen LogP contribution is 2.34.